The van der Waals surface area contributed by atoms with Crippen molar-refractivity contribution >= 4 is 5.91 Å². The largest absolute Gasteiger partial charge is 0.348 e. The maximum atomic E-state index is 12.9. The molecule has 1 aromatic heterocycles. The minimum atomic E-state index is -0.390. The number of carbonyl (C=O) groups excluding carboxylic acids is 1. The number of nitrogens with zero attached hydrogens (tertiary/aromatic N) is 1. The number of fused-ring (bicyclic) bond motifs is 4. The van der Waals surface area contributed by atoms with E-state index in [4.69, 9.17) is 0 Å². The fourth-order valence-electron chi connectivity index (χ4n) is 3.84. The summed E-state index contributed by atoms with van der Waals surface area (Å²) in [4.78, 5) is 25.2. The van der Waals surface area contributed by atoms with Crippen LogP contribution in [0.2, 0.25) is 0 Å². The van der Waals surface area contributed by atoms with Crippen LogP contribution in [-0.4, -0.2) is 23.6 Å². The second-order valence-corrected chi connectivity index (χ2v) is 6.85. The molecule has 3 heterocycles. The molecule has 2 aromatic rings. The van der Waals surface area contributed by atoms with E-state index in [0.717, 1.165) is 30.8 Å². The van der Waals surface area contributed by atoms with E-state index in [1.165, 1.54) is 12.1 Å². The second-order valence-electron chi connectivity index (χ2n) is 6.85. The molecule has 5 nitrogen and oxygen atoms in total. The lowest BCUT2D eigenvalue weighted by Gasteiger charge is -2.37. The zero-order chi connectivity index (χ0) is 17.4. The van der Waals surface area contributed by atoms with Crippen molar-refractivity contribution in [3.8, 4) is 0 Å². The van der Waals surface area contributed by atoms with Gasteiger partial charge in [0.25, 0.3) is 11.5 Å². The van der Waals surface area contributed by atoms with Crippen molar-refractivity contribution in [2.75, 3.05) is 13.1 Å². The van der Waals surface area contributed by atoms with Gasteiger partial charge in [0.05, 0.1) is 0 Å². The number of nitrogens with one attached hydrogen (secondary N) is 2. The summed E-state index contributed by atoms with van der Waals surface area (Å²) >= 11 is 0. The molecule has 25 heavy (non-hydrogen) atoms. The normalized spacial score (nSPS) is 21.5. The molecule has 1 saturated heterocycles. The maximum Gasteiger partial charge on any atom is 0.263 e. The number of pyridine rings is 1. The van der Waals surface area contributed by atoms with E-state index >= 15 is 0 Å². The third kappa shape index (κ3) is 3.09. The molecule has 6 heteroatoms. The van der Waals surface area contributed by atoms with Gasteiger partial charge in [-0.2, -0.15) is 0 Å². The van der Waals surface area contributed by atoms with Crippen LogP contribution in [0.5, 0.6) is 0 Å². The van der Waals surface area contributed by atoms with Crippen LogP contribution in [0.1, 0.15) is 34.0 Å². The van der Waals surface area contributed by atoms with Crippen LogP contribution in [0.4, 0.5) is 4.39 Å². The summed E-state index contributed by atoms with van der Waals surface area (Å²) in [5, 5.41) is 6.15. The minimum absolute atomic E-state index is 0.166. The molecular formula is C19H20FN3O2. The van der Waals surface area contributed by atoms with Gasteiger partial charge in [0, 0.05) is 31.2 Å². The monoisotopic (exact) mass is 341 g/mol. The molecule has 4 rings (SSSR count). The van der Waals surface area contributed by atoms with E-state index in [0.29, 0.717) is 18.4 Å². The molecular weight excluding hydrogens is 321 g/mol. The minimum Gasteiger partial charge on any atom is -0.348 e. The molecule has 1 amide bonds. The predicted molar refractivity (Wildman–Crippen MR) is 92.0 cm³/mol. The predicted octanol–water partition coefficient (Wildman–Crippen LogP) is 1.62. The van der Waals surface area contributed by atoms with Gasteiger partial charge in [-0.15, -0.1) is 0 Å². The third-order valence-electron chi connectivity index (χ3n) is 5.12. The first-order chi connectivity index (χ1) is 12.1. The van der Waals surface area contributed by atoms with Gasteiger partial charge in [0.15, 0.2) is 0 Å². The number of hydrogen-bond donors (Lipinski definition) is 2. The fraction of sp³-hybridized carbons (Fsp3) is 0.368. The third-order valence-corrected chi connectivity index (χ3v) is 5.12. The van der Waals surface area contributed by atoms with Gasteiger partial charge < -0.3 is 15.2 Å². The van der Waals surface area contributed by atoms with Crippen molar-refractivity contribution in [3.05, 3.63) is 69.4 Å². The van der Waals surface area contributed by atoms with Crippen LogP contribution in [-0.2, 0) is 13.1 Å². The topological polar surface area (TPSA) is 63.1 Å². The number of benzene rings is 1. The van der Waals surface area contributed by atoms with Crippen molar-refractivity contribution in [3.63, 3.8) is 0 Å². The number of aromatic nitrogens is 1. The Hall–Kier alpha value is -2.47. The van der Waals surface area contributed by atoms with E-state index < -0.39 is 5.91 Å². The summed E-state index contributed by atoms with van der Waals surface area (Å²) in [6, 6.07) is 9.46. The molecule has 2 bridgehead atoms. The molecule has 2 aliphatic rings. The Kier molecular flexibility index (Phi) is 4.13. The molecule has 130 valence electrons. The summed E-state index contributed by atoms with van der Waals surface area (Å²) in [7, 11) is 0. The van der Waals surface area contributed by atoms with Crippen LogP contribution in [0.3, 0.4) is 0 Å². The molecule has 0 saturated carbocycles. The fourth-order valence-corrected chi connectivity index (χ4v) is 3.84. The van der Waals surface area contributed by atoms with Gasteiger partial charge >= 0.3 is 0 Å². The standard InChI is InChI=1S/C19H20FN3O2/c20-15-3-1-12(2-4-15)9-22-18(24)16-5-6-17-14-7-13(8-21-10-14)11-23(17)19(16)25/h1-6,13-14,21H,7-11H2,(H,22,24)/t13-,14+/m0/s1. The maximum absolute atomic E-state index is 12.9. The number of piperidine rings is 1. The Morgan fingerprint density at radius 1 is 1.20 bits per heavy atom. The van der Waals surface area contributed by atoms with Crippen molar-refractivity contribution < 1.29 is 9.18 Å². The van der Waals surface area contributed by atoms with Crippen molar-refractivity contribution in [2.45, 2.75) is 25.4 Å². The number of carbonyl (C=O) groups is 1. The van der Waals surface area contributed by atoms with E-state index in [1.54, 1.807) is 22.8 Å². The Balaban J connectivity index is 1.54. The number of hydrogen-bond acceptors (Lipinski definition) is 3. The van der Waals surface area contributed by atoms with Gasteiger partial charge in [0.2, 0.25) is 0 Å². The average molecular weight is 341 g/mol. The zero-order valence-corrected chi connectivity index (χ0v) is 13.8. The number of rotatable bonds is 3. The van der Waals surface area contributed by atoms with Gasteiger partial charge in [-0.1, -0.05) is 12.1 Å². The Bertz CT molecular complexity index is 860. The quantitative estimate of drug-likeness (QED) is 0.892. The summed E-state index contributed by atoms with van der Waals surface area (Å²) in [6.07, 6.45) is 1.10. The van der Waals surface area contributed by atoms with Crippen molar-refractivity contribution in [1.29, 1.82) is 0 Å². The summed E-state index contributed by atoms with van der Waals surface area (Å²) < 4.78 is 14.7. The Morgan fingerprint density at radius 3 is 2.80 bits per heavy atom. The first-order valence-corrected chi connectivity index (χ1v) is 8.59. The molecule has 0 spiro atoms. The highest BCUT2D eigenvalue weighted by molar-refractivity contribution is 5.93. The summed E-state index contributed by atoms with van der Waals surface area (Å²) in [5.74, 6) is 0.0829. The molecule has 1 aromatic carbocycles. The highest BCUT2D eigenvalue weighted by Gasteiger charge is 2.31. The van der Waals surface area contributed by atoms with Crippen molar-refractivity contribution in [1.82, 2.24) is 15.2 Å². The first kappa shape index (κ1) is 16.0. The summed E-state index contributed by atoms with van der Waals surface area (Å²) in [6.45, 7) is 2.72. The average Bonchev–Trinajstić information content (AvgIpc) is 2.62. The number of halogens is 1. The molecule has 0 aliphatic carbocycles. The van der Waals surface area contributed by atoms with Crippen molar-refractivity contribution in [2.24, 2.45) is 5.92 Å². The smallest absolute Gasteiger partial charge is 0.263 e. The molecule has 2 N–H and O–H groups in total. The van der Waals surface area contributed by atoms with Gasteiger partial charge in [-0.25, -0.2) is 4.39 Å². The van der Waals surface area contributed by atoms with Crippen LogP contribution in [0.25, 0.3) is 0 Å². The van der Waals surface area contributed by atoms with Crippen LogP contribution in [0.15, 0.2) is 41.2 Å². The second kappa shape index (κ2) is 6.44. The van der Waals surface area contributed by atoms with E-state index in [1.807, 2.05) is 6.07 Å². The van der Waals surface area contributed by atoms with Crippen LogP contribution in [0, 0.1) is 11.7 Å². The van der Waals surface area contributed by atoms with E-state index in [9.17, 15) is 14.0 Å². The molecule has 2 aliphatic heterocycles. The van der Waals surface area contributed by atoms with E-state index in [2.05, 4.69) is 10.6 Å². The lowest BCUT2D eigenvalue weighted by Crippen LogP contribution is -2.46. The van der Waals surface area contributed by atoms with E-state index in [-0.39, 0.29) is 23.5 Å². The molecule has 0 radical (unpaired) electrons. The van der Waals surface area contributed by atoms with Gasteiger partial charge in [0.1, 0.15) is 11.4 Å². The lowest BCUT2D eigenvalue weighted by molar-refractivity contribution is 0.0948. The summed E-state index contributed by atoms with van der Waals surface area (Å²) in [5.41, 5.74) is 1.75. The van der Waals surface area contributed by atoms with Crippen LogP contribution >= 0.6 is 0 Å². The van der Waals surface area contributed by atoms with Crippen LogP contribution < -0.4 is 16.2 Å². The highest BCUT2D eigenvalue weighted by atomic mass is 19.1. The number of amides is 1. The molecule has 0 unspecified atom stereocenters. The Morgan fingerprint density at radius 2 is 2.00 bits per heavy atom. The zero-order valence-electron chi connectivity index (χ0n) is 13.8. The van der Waals surface area contributed by atoms with Gasteiger partial charge in [-0.3, -0.25) is 9.59 Å². The molecule has 1 fully saturated rings. The first-order valence-electron chi connectivity index (χ1n) is 8.59. The highest BCUT2D eigenvalue weighted by Crippen LogP contribution is 2.31. The Labute approximate surface area is 144 Å². The lowest BCUT2D eigenvalue weighted by atomic mass is 9.84. The molecule has 2 atom stereocenters. The SMILES string of the molecule is O=C(NCc1ccc(F)cc1)c1ccc2n(c1=O)C[C@@H]1CNC[C@H]2C1. The van der Waals surface area contributed by atoms with Gasteiger partial charge in [-0.05, 0) is 48.7 Å².